The average Bonchev–Trinajstić information content (AvgIpc) is 2.39. The standard InChI is InChI=1S/C12H10N4O2S/c13-11(14)8-4-3-7-15-12(8)19-10-6-2-1-5-9(10)16(17)18/h1-7H,(H3,13,14). The Kier molecular flexibility index (Phi) is 3.76. The van der Waals surface area contributed by atoms with Crippen LogP contribution in [-0.2, 0) is 0 Å². The van der Waals surface area contributed by atoms with Gasteiger partial charge in [0.15, 0.2) is 0 Å². The number of aromatic nitrogens is 1. The van der Waals surface area contributed by atoms with Crippen molar-refractivity contribution >= 4 is 23.3 Å². The fourth-order valence-electron chi connectivity index (χ4n) is 1.48. The maximum absolute atomic E-state index is 10.9. The predicted molar refractivity (Wildman–Crippen MR) is 72.5 cm³/mol. The number of nitro benzene ring substituents is 1. The summed E-state index contributed by atoms with van der Waals surface area (Å²) >= 11 is 1.12. The van der Waals surface area contributed by atoms with Crippen LogP contribution in [0, 0.1) is 15.5 Å². The summed E-state index contributed by atoms with van der Waals surface area (Å²) in [6.45, 7) is 0. The second-order valence-corrected chi connectivity index (χ2v) is 4.63. The highest BCUT2D eigenvalue weighted by Gasteiger charge is 2.16. The molecule has 0 fully saturated rings. The zero-order chi connectivity index (χ0) is 13.8. The first-order chi connectivity index (χ1) is 9.09. The molecule has 0 aliphatic heterocycles. The van der Waals surface area contributed by atoms with Crippen LogP contribution < -0.4 is 5.73 Å². The molecule has 0 saturated heterocycles. The first-order valence-electron chi connectivity index (χ1n) is 5.30. The lowest BCUT2D eigenvalue weighted by Gasteiger charge is -2.06. The molecule has 2 rings (SSSR count). The van der Waals surface area contributed by atoms with Crippen LogP contribution in [0.15, 0.2) is 52.5 Å². The molecule has 1 heterocycles. The fraction of sp³-hybridized carbons (Fsp3) is 0. The second-order valence-electron chi connectivity index (χ2n) is 3.60. The Hall–Kier alpha value is -2.41. The van der Waals surface area contributed by atoms with Crippen LogP contribution in [0.4, 0.5) is 5.69 Å². The van der Waals surface area contributed by atoms with Gasteiger partial charge >= 0.3 is 0 Å². The van der Waals surface area contributed by atoms with Gasteiger partial charge in [-0.25, -0.2) is 4.98 Å². The second kappa shape index (κ2) is 5.49. The third kappa shape index (κ3) is 2.89. The van der Waals surface area contributed by atoms with Gasteiger partial charge in [-0.1, -0.05) is 23.9 Å². The number of nitrogens with zero attached hydrogens (tertiary/aromatic N) is 2. The monoisotopic (exact) mass is 274 g/mol. The fourth-order valence-corrected chi connectivity index (χ4v) is 2.48. The number of pyridine rings is 1. The molecule has 6 nitrogen and oxygen atoms in total. The van der Waals surface area contributed by atoms with Crippen LogP contribution in [0.5, 0.6) is 0 Å². The minimum atomic E-state index is -0.446. The van der Waals surface area contributed by atoms with Gasteiger partial charge in [0.05, 0.1) is 9.82 Å². The number of nitrogen functional groups attached to an aromatic ring is 1. The van der Waals surface area contributed by atoms with Crippen LogP contribution in [0.2, 0.25) is 0 Å². The highest BCUT2D eigenvalue weighted by molar-refractivity contribution is 7.99. The van der Waals surface area contributed by atoms with Crippen LogP contribution >= 0.6 is 11.8 Å². The zero-order valence-electron chi connectivity index (χ0n) is 9.74. The van der Waals surface area contributed by atoms with E-state index in [2.05, 4.69) is 4.98 Å². The number of amidine groups is 1. The predicted octanol–water partition coefficient (Wildman–Crippen LogP) is 2.43. The molecular weight excluding hydrogens is 264 g/mol. The maximum Gasteiger partial charge on any atom is 0.283 e. The number of hydrogen-bond donors (Lipinski definition) is 2. The summed E-state index contributed by atoms with van der Waals surface area (Å²) in [6.07, 6.45) is 1.56. The quantitative estimate of drug-likeness (QED) is 0.385. The highest BCUT2D eigenvalue weighted by Crippen LogP contribution is 2.34. The van der Waals surface area contributed by atoms with Crippen molar-refractivity contribution < 1.29 is 4.92 Å². The van der Waals surface area contributed by atoms with Crippen molar-refractivity contribution in [2.24, 2.45) is 5.73 Å². The molecule has 0 bridgehead atoms. The van der Waals surface area contributed by atoms with Gasteiger partial charge in [0.25, 0.3) is 5.69 Å². The molecule has 0 atom stereocenters. The van der Waals surface area contributed by atoms with E-state index in [1.807, 2.05) is 0 Å². The van der Waals surface area contributed by atoms with Gasteiger partial charge in [-0.3, -0.25) is 15.5 Å². The van der Waals surface area contributed by atoms with E-state index in [4.69, 9.17) is 11.1 Å². The van der Waals surface area contributed by atoms with E-state index in [-0.39, 0.29) is 11.5 Å². The lowest BCUT2D eigenvalue weighted by Crippen LogP contribution is -2.12. The molecule has 0 spiro atoms. The molecule has 1 aromatic carbocycles. The number of nitrogens with one attached hydrogen (secondary N) is 1. The van der Waals surface area contributed by atoms with E-state index in [0.29, 0.717) is 15.5 Å². The first-order valence-corrected chi connectivity index (χ1v) is 6.12. The summed E-state index contributed by atoms with van der Waals surface area (Å²) in [6, 6.07) is 9.71. The van der Waals surface area contributed by atoms with Crippen molar-refractivity contribution in [2.45, 2.75) is 9.92 Å². The van der Waals surface area contributed by atoms with Crippen molar-refractivity contribution in [3.8, 4) is 0 Å². The van der Waals surface area contributed by atoms with Gasteiger partial charge < -0.3 is 5.73 Å². The normalized spacial score (nSPS) is 10.1. The lowest BCUT2D eigenvalue weighted by atomic mass is 10.3. The third-order valence-electron chi connectivity index (χ3n) is 2.33. The van der Waals surface area contributed by atoms with Crippen LogP contribution in [0.25, 0.3) is 0 Å². The summed E-state index contributed by atoms with van der Waals surface area (Å²) in [7, 11) is 0. The Bertz CT molecular complexity index is 590. The van der Waals surface area contributed by atoms with Crippen molar-refractivity contribution in [3.05, 3.63) is 58.3 Å². The van der Waals surface area contributed by atoms with E-state index in [1.54, 1.807) is 36.5 Å². The molecule has 1 aromatic heterocycles. The molecule has 7 heteroatoms. The minimum absolute atomic E-state index is 0.00709. The molecule has 0 aliphatic rings. The molecule has 0 radical (unpaired) electrons. The van der Waals surface area contributed by atoms with E-state index >= 15 is 0 Å². The summed E-state index contributed by atoms with van der Waals surface area (Å²) in [5.41, 5.74) is 5.93. The Labute approximate surface area is 113 Å². The smallest absolute Gasteiger partial charge is 0.283 e. The van der Waals surface area contributed by atoms with E-state index in [1.165, 1.54) is 6.07 Å². The Morgan fingerprint density at radius 2 is 2.05 bits per heavy atom. The van der Waals surface area contributed by atoms with E-state index in [0.717, 1.165) is 11.8 Å². The first kappa shape index (κ1) is 13.0. The molecule has 19 heavy (non-hydrogen) atoms. The average molecular weight is 274 g/mol. The van der Waals surface area contributed by atoms with Gasteiger partial charge in [-0.2, -0.15) is 0 Å². The molecule has 0 unspecified atom stereocenters. The van der Waals surface area contributed by atoms with Gasteiger partial charge in [0.1, 0.15) is 10.9 Å². The van der Waals surface area contributed by atoms with Crippen LogP contribution in [-0.4, -0.2) is 15.7 Å². The molecule has 2 aromatic rings. The SMILES string of the molecule is N=C(N)c1cccnc1Sc1ccccc1[N+](=O)[O-]. The lowest BCUT2D eigenvalue weighted by molar-refractivity contribution is -0.387. The minimum Gasteiger partial charge on any atom is -0.384 e. The van der Waals surface area contributed by atoms with E-state index in [9.17, 15) is 10.1 Å². The van der Waals surface area contributed by atoms with Gasteiger partial charge in [-0.15, -0.1) is 0 Å². The molecular formula is C12H10N4O2S. The van der Waals surface area contributed by atoms with Crippen LogP contribution in [0.1, 0.15) is 5.56 Å². The van der Waals surface area contributed by atoms with Gasteiger partial charge in [-0.05, 0) is 18.2 Å². The van der Waals surface area contributed by atoms with Gasteiger partial charge in [0.2, 0.25) is 0 Å². The van der Waals surface area contributed by atoms with Gasteiger partial charge in [0, 0.05) is 17.8 Å². The number of rotatable bonds is 4. The van der Waals surface area contributed by atoms with Crippen molar-refractivity contribution in [1.82, 2.24) is 4.98 Å². The third-order valence-corrected chi connectivity index (χ3v) is 3.41. The number of para-hydroxylation sites is 1. The summed E-state index contributed by atoms with van der Waals surface area (Å²) in [5.74, 6) is -0.116. The Balaban J connectivity index is 2.42. The molecule has 3 N–H and O–H groups in total. The molecule has 0 saturated carbocycles. The highest BCUT2D eigenvalue weighted by atomic mass is 32.2. The zero-order valence-corrected chi connectivity index (χ0v) is 10.6. The summed E-state index contributed by atoms with van der Waals surface area (Å²) < 4.78 is 0. The number of nitrogens with two attached hydrogens (primary N) is 1. The molecule has 0 aliphatic carbocycles. The number of benzene rings is 1. The maximum atomic E-state index is 10.9. The van der Waals surface area contributed by atoms with E-state index < -0.39 is 4.92 Å². The summed E-state index contributed by atoms with van der Waals surface area (Å²) in [4.78, 5) is 15.1. The molecule has 96 valence electrons. The Morgan fingerprint density at radius 1 is 1.32 bits per heavy atom. The topological polar surface area (TPSA) is 106 Å². The van der Waals surface area contributed by atoms with Crippen molar-refractivity contribution in [3.63, 3.8) is 0 Å². The van der Waals surface area contributed by atoms with Crippen molar-refractivity contribution in [1.29, 1.82) is 5.41 Å². The van der Waals surface area contributed by atoms with Crippen molar-refractivity contribution in [2.75, 3.05) is 0 Å². The Morgan fingerprint density at radius 3 is 2.74 bits per heavy atom. The number of hydrogen-bond acceptors (Lipinski definition) is 5. The molecule has 0 amide bonds. The summed E-state index contributed by atoms with van der Waals surface area (Å²) in [5, 5.41) is 18.9. The van der Waals surface area contributed by atoms with Crippen LogP contribution in [0.3, 0.4) is 0 Å². The largest absolute Gasteiger partial charge is 0.384 e. The number of nitro groups is 1.